The smallest absolute Gasteiger partial charge is 0.110 e. The lowest BCUT2D eigenvalue weighted by Gasteiger charge is -2.27. The Morgan fingerprint density at radius 2 is 2.00 bits per heavy atom. The van der Waals surface area contributed by atoms with Crippen LogP contribution in [0.5, 0.6) is 0 Å². The van der Waals surface area contributed by atoms with Gasteiger partial charge in [0.25, 0.3) is 0 Å². The Bertz CT molecular complexity index is 166. The summed E-state index contributed by atoms with van der Waals surface area (Å²) < 4.78 is 0. The Balaban J connectivity index is 2.70. The molecule has 0 aromatic rings. The fourth-order valence-electron chi connectivity index (χ4n) is 1.12. The van der Waals surface area contributed by atoms with Gasteiger partial charge in [-0.3, -0.25) is 0 Å². The molecule has 0 fully saturated rings. The molecule has 1 aliphatic carbocycles. The monoisotopic (exact) mass is 160 g/mol. The highest BCUT2D eigenvalue weighted by Crippen LogP contribution is 2.18. The quantitative estimate of drug-likeness (QED) is 0.348. The van der Waals surface area contributed by atoms with E-state index >= 15 is 0 Å². The average molecular weight is 160 g/mol. The van der Waals surface area contributed by atoms with Gasteiger partial charge in [0, 0.05) is 0 Å². The van der Waals surface area contributed by atoms with Crippen LogP contribution >= 0.6 is 0 Å². The molecule has 1 rings (SSSR count). The fraction of sp³-hybridized carbons (Fsp3) is 0.714. The maximum atomic E-state index is 9.17. The third-order valence-corrected chi connectivity index (χ3v) is 1.90. The van der Waals surface area contributed by atoms with Crippen molar-refractivity contribution < 1.29 is 20.4 Å². The summed E-state index contributed by atoms with van der Waals surface area (Å²) in [4.78, 5) is 0. The summed E-state index contributed by atoms with van der Waals surface area (Å²) in [5, 5.41) is 35.9. The Hall–Kier alpha value is -0.420. The van der Waals surface area contributed by atoms with Gasteiger partial charge in [-0.15, -0.1) is 0 Å². The second-order valence-corrected chi connectivity index (χ2v) is 2.68. The number of aliphatic hydroxyl groups is 4. The van der Waals surface area contributed by atoms with Crippen molar-refractivity contribution in [1.29, 1.82) is 0 Å². The van der Waals surface area contributed by atoms with Crippen LogP contribution in [0, 0.1) is 0 Å². The number of hydrogen-bond acceptors (Lipinski definition) is 4. The van der Waals surface area contributed by atoms with Crippen LogP contribution in [-0.4, -0.2) is 45.3 Å². The van der Waals surface area contributed by atoms with E-state index in [2.05, 4.69) is 0 Å². The topological polar surface area (TPSA) is 80.9 Å². The number of hydrogen-bond donors (Lipinski definition) is 4. The van der Waals surface area contributed by atoms with Gasteiger partial charge in [0.2, 0.25) is 0 Å². The molecule has 4 heteroatoms. The largest absolute Gasteiger partial charge is 0.392 e. The maximum absolute atomic E-state index is 9.17. The maximum Gasteiger partial charge on any atom is 0.110 e. The molecule has 1 aliphatic rings. The summed E-state index contributed by atoms with van der Waals surface area (Å²) >= 11 is 0. The van der Waals surface area contributed by atoms with E-state index in [-0.39, 0.29) is 13.0 Å². The zero-order valence-corrected chi connectivity index (χ0v) is 6.01. The minimum absolute atomic E-state index is 0.273. The van der Waals surface area contributed by atoms with E-state index in [0.717, 1.165) is 0 Å². The molecule has 0 amide bonds. The normalized spacial score (nSPS) is 38.5. The Morgan fingerprint density at radius 1 is 1.36 bits per heavy atom. The molecule has 4 nitrogen and oxygen atoms in total. The lowest BCUT2D eigenvalue weighted by molar-refractivity contribution is -0.0533. The van der Waals surface area contributed by atoms with Crippen LogP contribution in [0.1, 0.15) is 6.42 Å². The summed E-state index contributed by atoms with van der Waals surface area (Å²) in [5.41, 5.74) is 0.378. The predicted molar refractivity (Wildman–Crippen MR) is 37.8 cm³/mol. The van der Waals surface area contributed by atoms with Crippen LogP contribution in [0.3, 0.4) is 0 Å². The number of rotatable bonds is 1. The first-order valence-corrected chi connectivity index (χ1v) is 3.50. The van der Waals surface area contributed by atoms with Crippen molar-refractivity contribution in [1.82, 2.24) is 0 Å². The van der Waals surface area contributed by atoms with Crippen LogP contribution in [0.2, 0.25) is 0 Å². The molecule has 0 aromatic carbocycles. The van der Waals surface area contributed by atoms with Crippen molar-refractivity contribution in [2.24, 2.45) is 0 Å². The first kappa shape index (κ1) is 8.67. The highest BCUT2D eigenvalue weighted by molar-refractivity contribution is 5.16. The Labute approximate surface area is 64.4 Å². The van der Waals surface area contributed by atoms with Gasteiger partial charge in [0.15, 0.2) is 0 Å². The minimum atomic E-state index is -1.16. The molecule has 64 valence electrons. The van der Waals surface area contributed by atoms with Gasteiger partial charge in [0.1, 0.15) is 12.2 Å². The predicted octanol–water partition coefficient (Wildman–Crippen LogP) is -1.61. The Kier molecular flexibility index (Phi) is 2.62. The van der Waals surface area contributed by atoms with Crippen molar-refractivity contribution in [2.45, 2.75) is 24.7 Å². The first-order valence-electron chi connectivity index (χ1n) is 3.50. The lowest BCUT2D eigenvalue weighted by Crippen LogP contribution is -2.41. The van der Waals surface area contributed by atoms with E-state index in [1.54, 1.807) is 6.08 Å². The van der Waals surface area contributed by atoms with E-state index in [4.69, 9.17) is 20.4 Å². The molecule has 0 saturated carbocycles. The van der Waals surface area contributed by atoms with Gasteiger partial charge in [-0.1, -0.05) is 6.08 Å². The van der Waals surface area contributed by atoms with Crippen LogP contribution in [-0.2, 0) is 0 Å². The van der Waals surface area contributed by atoms with E-state index in [9.17, 15) is 0 Å². The molecular formula is C7H12O4. The van der Waals surface area contributed by atoms with Crippen molar-refractivity contribution >= 4 is 0 Å². The molecular weight excluding hydrogens is 148 g/mol. The molecule has 4 N–H and O–H groups in total. The summed E-state index contributed by atoms with van der Waals surface area (Å²) in [7, 11) is 0. The highest BCUT2D eigenvalue weighted by Gasteiger charge is 2.30. The van der Waals surface area contributed by atoms with Gasteiger partial charge in [-0.25, -0.2) is 0 Å². The molecule has 3 unspecified atom stereocenters. The van der Waals surface area contributed by atoms with Crippen LogP contribution in [0.4, 0.5) is 0 Å². The molecule has 3 atom stereocenters. The van der Waals surface area contributed by atoms with Crippen LogP contribution in [0.25, 0.3) is 0 Å². The zero-order valence-electron chi connectivity index (χ0n) is 6.01. The summed E-state index contributed by atoms with van der Waals surface area (Å²) in [6.45, 7) is -0.273. The van der Waals surface area contributed by atoms with Crippen LogP contribution < -0.4 is 0 Å². The minimum Gasteiger partial charge on any atom is -0.392 e. The molecule has 0 aromatic heterocycles. The van der Waals surface area contributed by atoms with Gasteiger partial charge < -0.3 is 20.4 Å². The molecule has 0 bridgehead atoms. The Morgan fingerprint density at radius 3 is 2.55 bits per heavy atom. The lowest BCUT2D eigenvalue weighted by atomic mass is 9.92. The fourth-order valence-corrected chi connectivity index (χ4v) is 1.12. The zero-order chi connectivity index (χ0) is 8.43. The molecule has 0 radical (unpaired) electrons. The summed E-state index contributed by atoms with van der Waals surface area (Å²) in [6.07, 6.45) is -1.37. The molecule has 0 heterocycles. The SMILES string of the molecule is OCC1=CCC(O)C(O)C1O. The molecule has 0 spiro atoms. The van der Waals surface area contributed by atoms with Crippen molar-refractivity contribution in [2.75, 3.05) is 6.61 Å². The second kappa shape index (κ2) is 3.32. The molecule has 0 aliphatic heterocycles. The third kappa shape index (κ3) is 1.59. The average Bonchev–Trinajstić information content (AvgIpc) is 2.01. The van der Waals surface area contributed by atoms with E-state index in [1.807, 2.05) is 0 Å². The van der Waals surface area contributed by atoms with Gasteiger partial charge in [-0.2, -0.15) is 0 Å². The first-order chi connectivity index (χ1) is 5.16. The second-order valence-electron chi connectivity index (χ2n) is 2.68. The number of aliphatic hydroxyl groups excluding tert-OH is 4. The van der Waals surface area contributed by atoms with E-state index in [1.165, 1.54) is 0 Å². The van der Waals surface area contributed by atoms with Crippen molar-refractivity contribution in [3.63, 3.8) is 0 Å². The van der Waals surface area contributed by atoms with Crippen LogP contribution in [0.15, 0.2) is 11.6 Å². The van der Waals surface area contributed by atoms with Crippen molar-refractivity contribution in [3.8, 4) is 0 Å². The van der Waals surface area contributed by atoms with Gasteiger partial charge in [0.05, 0.1) is 12.7 Å². The van der Waals surface area contributed by atoms with Crippen molar-refractivity contribution in [3.05, 3.63) is 11.6 Å². The van der Waals surface area contributed by atoms with Gasteiger partial charge >= 0.3 is 0 Å². The molecule has 11 heavy (non-hydrogen) atoms. The molecule has 0 saturated heterocycles. The van der Waals surface area contributed by atoms with Gasteiger partial charge in [-0.05, 0) is 12.0 Å². The summed E-state index contributed by atoms with van der Waals surface area (Å²) in [5.74, 6) is 0. The highest BCUT2D eigenvalue weighted by atomic mass is 16.4. The summed E-state index contributed by atoms with van der Waals surface area (Å²) in [6, 6.07) is 0. The van der Waals surface area contributed by atoms with E-state index in [0.29, 0.717) is 5.57 Å². The standard InChI is InChI=1S/C7H12O4/c8-3-4-1-2-5(9)7(11)6(4)10/h1,5-11H,2-3H2. The third-order valence-electron chi connectivity index (χ3n) is 1.90. The van der Waals surface area contributed by atoms with E-state index < -0.39 is 18.3 Å².